The van der Waals surface area contributed by atoms with E-state index in [-0.39, 0.29) is 19.0 Å². The number of fused-ring (bicyclic) bond motifs is 1. The average Bonchev–Trinajstić information content (AvgIpc) is 3.11. The second-order valence-electron chi connectivity index (χ2n) is 6.89. The largest absolute Gasteiger partial charge is 0.481 e. The lowest BCUT2D eigenvalue weighted by atomic mass is 9.81. The molecule has 0 aliphatic carbocycles. The molecule has 0 unspecified atom stereocenters. The molecule has 0 radical (unpaired) electrons. The first kappa shape index (κ1) is 17.2. The van der Waals surface area contributed by atoms with Gasteiger partial charge in [-0.2, -0.15) is 0 Å². The van der Waals surface area contributed by atoms with Crippen molar-refractivity contribution in [3.05, 3.63) is 29.7 Å². The Balaban J connectivity index is 1.73. The standard InChI is InChI=1S/C16H22N2O5S/c1-12(6-14-4-3-5-23-14)7-17-8-13-9-18(24(2,21)22)11-16(13,10-17)15(19)20/h3-6,13H,7-11H2,1-2H3,(H,19,20)/b12-6+/t13-,16-/m0/s1. The number of hydrogen-bond donors (Lipinski definition) is 1. The number of rotatable bonds is 5. The molecular weight excluding hydrogens is 332 g/mol. The predicted octanol–water partition coefficient (Wildman–Crippen LogP) is 0.961. The van der Waals surface area contributed by atoms with E-state index in [9.17, 15) is 18.3 Å². The molecule has 24 heavy (non-hydrogen) atoms. The second-order valence-corrected chi connectivity index (χ2v) is 8.87. The third-order valence-electron chi connectivity index (χ3n) is 4.95. The molecule has 2 aliphatic rings. The summed E-state index contributed by atoms with van der Waals surface area (Å²) >= 11 is 0. The van der Waals surface area contributed by atoms with Gasteiger partial charge in [-0.3, -0.25) is 9.69 Å². The number of nitrogens with zero attached hydrogens (tertiary/aromatic N) is 2. The number of likely N-dealkylation sites (tertiary alicyclic amines) is 1. The Kier molecular flexibility index (Phi) is 4.31. The van der Waals surface area contributed by atoms with Crippen molar-refractivity contribution in [3.8, 4) is 0 Å². The van der Waals surface area contributed by atoms with Gasteiger partial charge in [0.15, 0.2) is 0 Å². The summed E-state index contributed by atoms with van der Waals surface area (Å²) in [5, 5.41) is 9.74. The van der Waals surface area contributed by atoms with Crippen LogP contribution in [-0.2, 0) is 14.8 Å². The first-order chi connectivity index (χ1) is 11.2. The van der Waals surface area contributed by atoms with Gasteiger partial charge in [0.1, 0.15) is 5.76 Å². The highest BCUT2D eigenvalue weighted by Crippen LogP contribution is 2.43. The van der Waals surface area contributed by atoms with Crippen LogP contribution in [0.15, 0.2) is 28.4 Å². The zero-order valence-electron chi connectivity index (χ0n) is 13.8. The fourth-order valence-corrected chi connectivity index (χ4v) is 4.73. The van der Waals surface area contributed by atoms with Crippen molar-refractivity contribution in [1.29, 1.82) is 0 Å². The van der Waals surface area contributed by atoms with E-state index in [0.717, 1.165) is 17.6 Å². The van der Waals surface area contributed by atoms with E-state index < -0.39 is 21.4 Å². The summed E-state index contributed by atoms with van der Waals surface area (Å²) < 4.78 is 30.1. The molecule has 2 saturated heterocycles. The number of hydrogen-bond acceptors (Lipinski definition) is 5. The van der Waals surface area contributed by atoms with Crippen LogP contribution in [0.4, 0.5) is 0 Å². The molecule has 2 atom stereocenters. The van der Waals surface area contributed by atoms with Gasteiger partial charge in [-0.25, -0.2) is 12.7 Å². The van der Waals surface area contributed by atoms with Crippen LogP contribution < -0.4 is 0 Å². The number of carboxylic acid groups (broad SMARTS) is 1. The van der Waals surface area contributed by atoms with Crippen molar-refractivity contribution < 1.29 is 22.7 Å². The Morgan fingerprint density at radius 1 is 1.46 bits per heavy atom. The fraction of sp³-hybridized carbons (Fsp3) is 0.562. The quantitative estimate of drug-likeness (QED) is 0.847. The van der Waals surface area contributed by atoms with E-state index in [2.05, 4.69) is 4.90 Å². The fourth-order valence-electron chi connectivity index (χ4n) is 3.81. The topological polar surface area (TPSA) is 91.1 Å². The molecule has 3 heterocycles. The SMILES string of the molecule is C/C(=C\c1ccco1)CN1C[C@H]2CN(S(C)(=O)=O)C[C@@]2(C(=O)O)C1. The van der Waals surface area contributed by atoms with Gasteiger partial charge >= 0.3 is 5.97 Å². The molecule has 1 aromatic rings. The van der Waals surface area contributed by atoms with Crippen LogP contribution in [0.2, 0.25) is 0 Å². The van der Waals surface area contributed by atoms with Crippen LogP contribution in [0.25, 0.3) is 6.08 Å². The molecule has 0 amide bonds. The van der Waals surface area contributed by atoms with Crippen molar-refractivity contribution in [3.63, 3.8) is 0 Å². The summed E-state index contributed by atoms with van der Waals surface area (Å²) in [7, 11) is -3.36. The molecule has 0 bridgehead atoms. The molecule has 1 N–H and O–H groups in total. The molecule has 132 valence electrons. The van der Waals surface area contributed by atoms with Gasteiger partial charge in [0.05, 0.1) is 17.9 Å². The lowest BCUT2D eigenvalue weighted by Gasteiger charge is -2.24. The van der Waals surface area contributed by atoms with Crippen molar-refractivity contribution in [2.45, 2.75) is 6.92 Å². The lowest BCUT2D eigenvalue weighted by molar-refractivity contribution is -0.148. The summed E-state index contributed by atoms with van der Waals surface area (Å²) in [6.07, 6.45) is 4.68. The summed E-state index contributed by atoms with van der Waals surface area (Å²) in [5.41, 5.74) is 0.0686. The minimum absolute atomic E-state index is 0.0588. The van der Waals surface area contributed by atoms with E-state index in [0.29, 0.717) is 19.6 Å². The maximum Gasteiger partial charge on any atom is 0.312 e. The van der Waals surface area contributed by atoms with Gasteiger partial charge in [-0.15, -0.1) is 0 Å². The van der Waals surface area contributed by atoms with Gasteiger partial charge < -0.3 is 9.52 Å². The van der Waals surface area contributed by atoms with Gasteiger partial charge in [0, 0.05) is 38.6 Å². The van der Waals surface area contributed by atoms with Crippen LogP contribution in [0.5, 0.6) is 0 Å². The minimum Gasteiger partial charge on any atom is -0.481 e. The minimum atomic E-state index is -3.36. The molecule has 2 aliphatic heterocycles. The highest BCUT2D eigenvalue weighted by atomic mass is 32.2. The average molecular weight is 354 g/mol. The molecule has 8 heteroatoms. The third-order valence-corrected chi connectivity index (χ3v) is 6.16. The Morgan fingerprint density at radius 3 is 2.75 bits per heavy atom. The van der Waals surface area contributed by atoms with Gasteiger partial charge in [0.25, 0.3) is 0 Å². The van der Waals surface area contributed by atoms with Crippen LogP contribution in [0.3, 0.4) is 0 Å². The predicted molar refractivity (Wildman–Crippen MR) is 88.8 cm³/mol. The van der Waals surface area contributed by atoms with Gasteiger partial charge in [-0.05, 0) is 25.1 Å². The molecule has 2 fully saturated rings. The second kappa shape index (κ2) is 6.02. The highest BCUT2D eigenvalue weighted by Gasteiger charge is 2.58. The van der Waals surface area contributed by atoms with Gasteiger partial charge in [-0.1, -0.05) is 5.57 Å². The zero-order valence-corrected chi connectivity index (χ0v) is 14.6. The van der Waals surface area contributed by atoms with E-state index in [4.69, 9.17) is 4.42 Å². The Hall–Kier alpha value is -1.64. The van der Waals surface area contributed by atoms with Crippen LogP contribution in [0.1, 0.15) is 12.7 Å². The van der Waals surface area contributed by atoms with Crippen LogP contribution in [-0.4, -0.2) is 67.7 Å². The maximum atomic E-state index is 11.9. The van der Waals surface area contributed by atoms with Crippen molar-refractivity contribution in [2.24, 2.45) is 11.3 Å². The van der Waals surface area contributed by atoms with E-state index >= 15 is 0 Å². The smallest absolute Gasteiger partial charge is 0.312 e. The van der Waals surface area contributed by atoms with Crippen molar-refractivity contribution in [2.75, 3.05) is 39.0 Å². The normalized spacial score (nSPS) is 29.1. The molecule has 0 saturated carbocycles. The molecule has 7 nitrogen and oxygen atoms in total. The molecule has 0 aromatic carbocycles. The molecule has 3 rings (SSSR count). The summed E-state index contributed by atoms with van der Waals surface area (Å²) in [6, 6.07) is 3.68. The van der Waals surface area contributed by atoms with Crippen LogP contribution >= 0.6 is 0 Å². The van der Waals surface area contributed by atoms with Crippen LogP contribution in [0, 0.1) is 11.3 Å². The Morgan fingerprint density at radius 2 is 2.21 bits per heavy atom. The number of carbonyl (C=O) groups is 1. The highest BCUT2D eigenvalue weighted by molar-refractivity contribution is 7.88. The third kappa shape index (κ3) is 3.13. The van der Waals surface area contributed by atoms with Crippen molar-refractivity contribution in [1.82, 2.24) is 9.21 Å². The first-order valence-corrected chi connectivity index (χ1v) is 9.67. The maximum absolute atomic E-state index is 11.9. The number of furan rings is 1. The van der Waals surface area contributed by atoms with E-state index in [1.807, 2.05) is 25.1 Å². The first-order valence-electron chi connectivity index (χ1n) is 7.82. The lowest BCUT2D eigenvalue weighted by Crippen LogP contribution is -2.42. The monoisotopic (exact) mass is 354 g/mol. The van der Waals surface area contributed by atoms with Gasteiger partial charge in [0.2, 0.25) is 10.0 Å². The zero-order chi connectivity index (χ0) is 17.5. The number of sulfonamides is 1. The number of aliphatic carboxylic acids is 1. The van der Waals surface area contributed by atoms with E-state index in [1.165, 1.54) is 4.31 Å². The summed E-state index contributed by atoms with van der Waals surface area (Å²) in [6.45, 7) is 3.91. The number of carboxylic acids is 1. The Bertz CT molecular complexity index is 755. The Labute approximate surface area is 141 Å². The van der Waals surface area contributed by atoms with Crippen molar-refractivity contribution >= 4 is 22.1 Å². The molecular formula is C16H22N2O5S. The van der Waals surface area contributed by atoms with E-state index in [1.54, 1.807) is 6.26 Å². The molecule has 1 aromatic heterocycles. The summed E-state index contributed by atoms with van der Waals surface area (Å²) in [5.74, 6) is -0.321. The summed E-state index contributed by atoms with van der Waals surface area (Å²) in [4.78, 5) is 14.0. The molecule has 0 spiro atoms.